The van der Waals surface area contributed by atoms with Crippen LogP contribution in [-0.4, -0.2) is 93.6 Å². The van der Waals surface area contributed by atoms with Gasteiger partial charge >= 0.3 is 6.09 Å². The molecule has 17 nitrogen and oxygen atoms in total. The number of ether oxygens (including phenoxy) is 4. The summed E-state index contributed by atoms with van der Waals surface area (Å²) in [6.07, 6.45) is 15.7. The first kappa shape index (κ1) is 50.4. The van der Waals surface area contributed by atoms with E-state index in [4.69, 9.17) is 25.5 Å². The highest BCUT2D eigenvalue weighted by atomic mass is 16.6. The zero-order valence-electron chi connectivity index (χ0n) is 41.5. The van der Waals surface area contributed by atoms with Gasteiger partial charge in [0.15, 0.2) is 0 Å². The van der Waals surface area contributed by atoms with Crippen molar-refractivity contribution >= 4 is 29.1 Å². The van der Waals surface area contributed by atoms with Gasteiger partial charge in [-0.1, -0.05) is 5.43 Å². The molecule has 0 saturated carbocycles. The molecule has 0 aliphatic carbocycles. The number of anilines is 3. The van der Waals surface area contributed by atoms with Gasteiger partial charge in [0.1, 0.15) is 29.2 Å². The third kappa shape index (κ3) is 13.4. The van der Waals surface area contributed by atoms with E-state index in [0.717, 1.165) is 105 Å². The van der Waals surface area contributed by atoms with Crippen LogP contribution in [0.25, 0.3) is 4.95 Å². The van der Waals surface area contributed by atoms with Gasteiger partial charge in [-0.2, -0.15) is 11.5 Å². The van der Waals surface area contributed by atoms with Crippen LogP contribution < -0.4 is 35.2 Å². The number of hydrogen-bond donors (Lipinski definition) is 5. The highest BCUT2D eigenvalue weighted by molar-refractivity contribution is 5.96. The fraction of sp³-hybridized carbons (Fsp3) is 0.434. The molecule has 9 rings (SSSR count). The minimum atomic E-state index is -0.524. The van der Waals surface area contributed by atoms with Crippen molar-refractivity contribution in [1.82, 2.24) is 34.9 Å². The predicted octanol–water partition coefficient (Wildman–Crippen LogP) is 9.91. The molecule has 3 unspecified atom stereocenters. The lowest BCUT2D eigenvalue weighted by Gasteiger charge is -2.28. The molecule has 3 aromatic heterocycles. The zero-order valence-corrected chi connectivity index (χ0v) is 41.5. The first-order valence-corrected chi connectivity index (χ1v) is 24.3. The fourth-order valence-electron chi connectivity index (χ4n) is 9.01. The number of hydrogen-bond acceptors (Lipinski definition) is 11. The van der Waals surface area contributed by atoms with Gasteiger partial charge in [0, 0.05) is 73.7 Å². The third-order valence-electron chi connectivity index (χ3n) is 12.3. The molecule has 0 amide bonds. The highest BCUT2D eigenvalue weighted by Gasteiger charge is 2.27. The molecule has 0 spiro atoms. The van der Waals surface area contributed by atoms with Gasteiger partial charge in [-0.3, -0.25) is 4.99 Å². The van der Waals surface area contributed by atoms with Crippen molar-refractivity contribution in [3.05, 3.63) is 137 Å². The standard InChI is InChI=1S/C20H27N3O3.C18H22N6O.C15H19N3O/c1-5-21-15-6-7-18-17(11-15)14(8-9-25-18)10-16-12-23(13-22-16)19(24)26-20(2,3)4;1-4-24(18(19-2)23-20-3)15-5-6-17-16(10-15)13(7-8-25-17)9-14-11-21-12-22-14;1-2-17-12-3-4-15-14(8-12)11(5-6-19-15)7-13-9-16-10-18-13/h6-7,11-14,21H,5,8-10H2,1-4H3;5-6,10-13H,4,7-9H2,1-2H3,(H,19,23)(H,21,22);3-4,8-11,17H,2,5-7H2,1H3,(H,16,18). The van der Waals surface area contributed by atoms with Crippen LogP contribution in [0.4, 0.5) is 21.9 Å². The summed E-state index contributed by atoms with van der Waals surface area (Å²) < 4.78 is 24.2. The SMILES string of the molecule is CCNc1ccc2c(c1)C(Cc1cn(C(=O)OC(C)(C)C)cn1)CCO2.CCNc1ccc2c(c1)C(Cc1cnc[nH]1)CCO2.[C-]#[N+]NC(=NC)N(CC)c1ccc2c(c1)C(Cc1cnc[nH]1)CCO2. The Kier molecular flexibility index (Phi) is 17.4. The normalized spacial score (nSPS) is 16.8. The Morgan fingerprint density at radius 1 is 0.800 bits per heavy atom. The van der Waals surface area contributed by atoms with Crippen LogP contribution in [0.5, 0.6) is 17.2 Å². The summed E-state index contributed by atoms with van der Waals surface area (Å²) in [7, 11) is 1.68. The Balaban J connectivity index is 0.000000157. The Morgan fingerprint density at radius 3 is 1.77 bits per heavy atom. The van der Waals surface area contributed by atoms with Crippen LogP contribution in [0.2, 0.25) is 0 Å². The van der Waals surface area contributed by atoms with E-state index in [9.17, 15) is 4.79 Å². The van der Waals surface area contributed by atoms with Crippen molar-refractivity contribution in [1.29, 1.82) is 0 Å². The van der Waals surface area contributed by atoms with Crippen molar-refractivity contribution in [2.75, 3.05) is 62.0 Å². The van der Waals surface area contributed by atoms with E-state index in [1.807, 2.05) is 69.3 Å². The van der Waals surface area contributed by atoms with Gasteiger partial charge in [-0.25, -0.2) is 24.3 Å². The first-order chi connectivity index (χ1) is 34.0. The molecule has 0 saturated heterocycles. The maximum Gasteiger partial charge on any atom is 0.419 e. The average molecular weight is 953 g/mol. The topological polar surface area (TPSA) is 185 Å². The lowest BCUT2D eigenvalue weighted by molar-refractivity contribution is 0.0536. The maximum atomic E-state index is 12.2. The number of imidazole rings is 3. The van der Waals surface area contributed by atoms with Crippen LogP contribution in [-0.2, 0) is 24.0 Å². The van der Waals surface area contributed by atoms with Crippen LogP contribution >= 0.6 is 0 Å². The molecule has 370 valence electrons. The van der Waals surface area contributed by atoms with Crippen LogP contribution in [0.1, 0.15) is 112 Å². The van der Waals surface area contributed by atoms with Gasteiger partial charge in [0.2, 0.25) is 0 Å². The number of carbonyl (C=O) groups excluding carboxylic acids is 1. The number of nitrogens with zero attached hydrogens (tertiary/aromatic N) is 7. The van der Waals surface area contributed by atoms with Crippen molar-refractivity contribution in [3.63, 3.8) is 0 Å². The quantitative estimate of drug-likeness (QED) is 0.0339. The summed E-state index contributed by atoms with van der Waals surface area (Å²) in [4.78, 5) is 40.5. The predicted molar refractivity (Wildman–Crippen MR) is 274 cm³/mol. The Bertz CT molecular complexity index is 2670. The number of nitrogens with one attached hydrogen (secondary N) is 5. The van der Waals surface area contributed by atoms with Crippen LogP contribution in [0.3, 0.4) is 0 Å². The summed E-state index contributed by atoms with van der Waals surface area (Å²) in [5.41, 5.74) is 12.3. The van der Waals surface area contributed by atoms with E-state index in [-0.39, 0.29) is 0 Å². The van der Waals surface area contributed by atoms with E-state index in [1.54, 1.807) is 25.9 Å². The Labute approximate surface area is 411 Å². The highest BCUT2D eigenvalue weighted by Crippen LogP contribution is 2.40. The van der Waals surface area contributed by atoms with E-state index in [2.05, 4.69) is 95.1 Å². The molecule has 0 radical (unpaired) electrons. The molecule has 3 aliphatic rings. The minimum Gasteiger partial charge on any atom is -0.493 e. The second-order valence-corrected chi connectivity index (χ2v) is 18.3. The molecular formula is C53H68N12O5. The lowest BCUT2D eigenvalue weighted by Crippen LogP contribution is -2.38. The van der Waals surface area contributed by atoms with Gasteiger partial charge in [-0.05, 0) is 169 Å². The average Bonchev–Trinajstić information content (AvgIpc) is 4.18. The Morgan fingerprint density at radius 2 is 1.31 bits per heavy atom. The number of rotatable bonds is 12. The van der Waals surface area contributed by atoms with E-state index >= 15 is 0 Å². The lowest BCUT2D eigenvalue weighted by atomic mass is 9.89. The molecule has 17 heteroatoms. The summed E-state index contributed by atoms with van der Waals surface area (Å²) in [6.45, 7) is 23.6. The summed E-state index contributed by atoms with van der Waals surface area (Å²) in [5, 5.41) is 6.71. The van der Waals surface area contributed by atoms with Gasteiger partial charge in [0.05, 0.1) is 38.2 Å². The summed E-state index contributed by atoms with van der Waals surface area (Å²) in [6, 6.07) is 18.8. The number of carbonyl (C=O) groups is 1. The first-order valence-electron chi connectivity index (χ1n) is 24.3. The Hall–Kier alpha value is -7.48. The van der Waals surface area contributed by atoms with E-state index < -0.39 is 11.7 Å². The summed E-state index contributed by atoms with van der Waals surface area (Å²) >= 11 is 0. The number of H-pyrrole nitrogens is 2. The molecule has 6 heterocycles. The second kappa shape index (κ2) is 24.2. The van der Waals surface area contributed by atoms with Crippen LogP contribution in [0.15, 0.2) is 97.2 Å². The molecule has 3 atom stereocenters. The van der Waals surface area contributed by atoms with Gasteiger partial charge < -0.3 is 44.4 Å². The largest absolute Gasteiger partial charge is 0.493 e. The van der Waals surface area contributed by atoms with Crippen molar-refractivity contribution in [2.45, 2.75) is 103 Å². The number of aromatic nitrogens is 6. The fourth-order valence-corrected chi connectivity index (χ4v) is 9.01. The molecule has 0 fully saturated rings. The van der Waals surface area contributed by atoms with Crippen molar-refractivity contribution < 1.29 is 23.7 Å². The number of aliphatic imine (C=N–C) groups is 1. The minimum absolute atomic E-state index is 0.319. The number of fused-ring (bicyclic) bond motifs is 3. The number of aromatic amines is 2. The van der Waals surface area contributed by atoms with Gasteiger partial charge in [-0.15, -0.1) is 0 Å². The molecular weight excluding hydrogens is 885 g/mol. The smallest absolute Gasteiger partial charge is 0.419 e. The van der Waals surface area contributed by atoms with E-state index in [0.29, 0.717) is 36.9 Å². The third-order valence-corrected chi connectivity index (χ3v) is 12.3. The molecule has 0 bridgehead atoms. The maximum absolute atomic E-state index is 12.2. The molecule has 6 aromatic rings. The molecule has 3 aromatic carbocycles. The number of benzene rings is 3. The molecule has 5 N–H and O–H groups in total. The zero-order chi connectivity index (χ0) is 49.5. The monoisotopic (exact) mass is 953 g/mol. The van der Waals surface area contributed by atoms with Crippen molar-refractivity contribution in [3.8, 4) is 17.2 Å². The van der Waals surface area contributed by atoms with Crippen LogP contribution in [0, 0.1) is 6.57 Å². The van der Waals surface area contributed by atoms with Crippen molar-refractivity contribution in [2.24, 2.45) is 4.99 Å². The van der Waals surface area contributed by atoms with Gasteiger partial charge in [0.25, 0.3) is 5.96 Å². The molecule has 3 aliphatic heterocycles. The summed E-state index contributed by atoms with van der Waals surface area (Å²) in [5.74, 6) is 4.63. The number of guanidine groups is 1. The van der Waals surface area contributed by atoms with E-state index in [1.165, 1.54) is 39.0 Å². The molecule has 70 heavy (non-hydrogen) atoms. The second-order valence-electron chi connectivity index (χ2n) is 18.3.